The lowest BCUT2D eigenvalue weighted by Crippen LogP contribution is -2.23. The fraction of sp³-hybridized carbons (Fsp3) is 0.235. The lowest BCUT2D eigenvalue weighted by Gasteiger charge is -2.17. The Morgan fingerprint density at radius 1 is 1.22 bits per heavy atom. The Labute approximate surface area is 155 Å². The third-order valence-electron chi connectivity index (χ3n) is 4.14. The van der Waals surface area contributed by atoms with Gasteiger partial charge in [0.05, 0.1) is 23.8 Å². The predicted octanol–water partition coefficient (Wildman–Crippen LogP) is 2.53. The van der Waals surface area contributed by atoms with Crippen molar-refractivity contribution in [3.63, 3.8) is 0 Å². The average Bonchev–Trinajstić information content (AvgIpc) is 3.07. The van der Waals surface area contributed by atoms with E-state index in [4.69, 9.17) is 4.74 Å². The van der Waals surface area contributed by atoms with Gasteiger partial charge in [-0.25, -0.2) is 8.42 Å². The minimum absolute atomic E-state index is 0.0270. The molecule has 0 radical (unpaired) electrons. The van der Waals surface area contributed by atoms with Crippen molar-refractivity contribution < 1.29 is 22.9 Å². The van der Waals surface area contributed by atoms with E-state index in [9.17, 15) is 23.3 Å². The number of sulfonamides is 1. The fourth-order valence-electron chi connectivity index (χ4n) is 2.86. The normalized spacial score (nSPS) is 14.3. The second-order valence-corrected chi connectivity index (χ2v) is 7.55. The maximum Gasteiger partial charge on any atom is 0.293 e. The van der Waals surface area contributed by atoms with E-state index in [1.54, 1.807) is 17.0 Å². The smallest absolute Gasteiger partial charge is 0.293 e. The Kier molecular flexibility index (Phi) is 5.00. The summed E-state index contributed by atoms with van der Waals surface area (Å²) in [6.07, 6.45) is 1.20. The number of ether oxygens (including phenoxy) is 1. The zero-order valence-electron chi connectivity index (χ0n) is 14.4. The molecule has 10 heteroatoms. The lowest BCUT2D eigenvalue weighted by molar-refractivity contribution is -0.387. The van der Waals surface area contributed by atoms with Gasteiger partial charge >= 0.3 is 0 Å². The van der Waals surface area contributed by atoms with Crippen LogP contribution >= 0.6 is 0 Å². The highest BCUT2D eigenvalue weighted by Crippen LogP contribution is 2.31. The number of carbonyl (C=O) groups excluding carboxylic acids is 1. The highest BCUT2D eigenvalue weighted by atomic mass is 32.2. The van der Waals surface area contributed by atoms with Gasteiger partial charge in [0.2, 0.25) is 5.91 Å². The molecule has 0 atom stereocenters. The van der Waals surface area contributed by atoms with Crippen molar-refractivity contribution >= 4 is 33.0 Å². The predicted molar refractivity (Wildman–Crippen MR) is 98.5 cm³/mol. The molecule has 1 fully saturated rings. The van der Waals surface area contributed by atoms with Gasteiger partial charge in [0.25, 0.3) is 15.7 Å². The molecule has 0 aliphatic carbocycles. The van der Waals surface area contributed by atoms with Crippen molar-refractivity contribution in [3.8, 4) is 5.75 Å². The molecule has 2 aromatic rings. The van der Waals surface area contributed by atoms with Gasteiger partial charge in [-0.2, -0.15) is 0 Å². The largest absolute Gasteiger partial charge is 0.497 e. The molecular formula is C17H17N3O6S. The van der Waals surface area contributed by atoms with Crippen LogP contribution in [0, 0.1) is 10.1 Å². The van der Waals surface area contributed by atoms with E-state index in [1.807, 2.05) is 0 Å². The van der Waals surface area contributed by atoms with Crippen LogP contribution < -0.4 is 14.4 Å². The molecule has 1 heterocycles. The summed E-state index contributed by atoms with van der Waals surface area (Å²) in [5.74, 6) is 0.149. The number of nitrogens with one attached hydrogen (secondary N) is 1. The number of hydrogen-bond donors (Lipinski definition) is 1. The van der Waals surface area contributed by atoms with Crippen LogP contribution in [0.4, 0.5) is 17.1 Å². The Hall–Kier alpha value is -3.14. The van der Waals surface area contributed by atoms with Crippen LogP contribution in [0.3, 0.4) is 0 Å². The molecular weight excluding hydrogens is 374 g/mol. The minimum atomic E-state index is -4.22. The molecule has 1 N–H and O–H groups in total. The summed E-state index contributed by atoms with van der Waals surface area (Å²) in [5.41, 5.74) is 0.187. The number of nitrogens with zero attached hydrogens (tertiary/aromatic N) is 2. The summed E-state index contributed by atoms with van der Waals surface area (Å²) in [5, 5.41) is 11.3. The standard InChI is InChI=1S/C17H17N3O6S/c1-26-14-7-8-16(15(11-14)20(22)23)27(24,25)18-12-4-2-5-13(10-12)19-9-3-6-17(19)21/h2,4-5,7-8,10-11,18H,3,6,9H2,1H3. The van der Waals surface area contributed by atoms with E-state index >= 15 is 0 Å². The number of amides is 1. The van der Waals surface area contributed by atoms with E-state index < -0.39 is 25.5 Å². The molecule has 2 aromatic carbocycles. The molecule has 0 saturated carbocycles. The molecule has 0 unspecified atom stereocenters. The zero-order valence-corrected chi connectivity index (χ0v) is 15.2. The number of nitro benzene ring substituents is 1. The number of nitro groups is 1. The number of anilines is 2. The molecule has 0 bridgehead atoms. The third-order valence-corrected chi connectivity index (χ3v) is 5.56. The van der Waals surface area contributed by atoms with Crippen LogP contribution in [-0.4, -0.2) is 32.9 Å². The van der Waals surface area contributed by atoms with Crippen molar-refractivity contribution in [2.75, 3.05) is 23.3 Å². The summed E-state index contributed by atoms with van der Waals surface area (Å²) in [6.45, 7) is 0.568. The molecule has 1 aliphatic heterocycles. The quantitative estimate of drug-likeness (QED) is 0.597. The second kappa shape index (κ2) is 7.23. The van der Waals surface area contributed by atoms with Crippen LogP contribution in [0.15, 0.2) is 47.4 Å². The van der Waals surface area contributed by atoms with Crippen molar-refractivity contribution in [1.82, 2.24) is 0 Å². The first-order valence-electron chi connectivity index (χ1n) is 8.07. The van der Waals surface area contributed by atoms with Gasteiger partial charge < -0.3 is 9.64 Å². The summed E-state index contributed by atoms with van der Waals surface area (Å²) in [7, 11) is -2.89. The van der Waals surface area contributed by atoms with E-state index in [0.717, 1.165) is 18.6 Å². The molecule has 0 aromatic heterocycles. The van der Waals surface area contributed by atoms with Crippen molar-refractivity contribution in [2.24, 2.45) is 0 Å². The number of benzene rings is 2. The molecule has 9 nitrogen and oxygen atoms in total. The van der Waals surface area contributed by atoms with Crippen LogP contribution in [0.1, 0.15) is 12.8 Å². The van der Waals surface area contributed by atoms with Crippen LogP contribution in [-0.2, 0) is 14.8 Å². The van der Waals surface area contributed by atoms with Crippen molar-refractivity contribution in [1.29, 1.82) is 0 Å². The van der Waals surface area contributed by atoms with Crippen LogP contribution in [0.2, 0.25) is 0 Å². The Morgan fingerprint density at radius 3 is 2.63 bits per heavy atom. The molecule has 27 heavy (non-hydrogen) atoms. The summed E-state index contributed by atoms with van der Waals surface area (Å²) >= 11 is 0. The van der Waals surface area contributed by atoms with Gasteiger partial charge in [0, 0.05) is 18.7 Å². The SMILES string of the molecule is COc1ccc(S(=O)(=O)Nc2cccc(N3CCCC3=O)c2)c([N+](=O)[O-])c1. The van der Waals surface area contributed by atoms with E-state index in [1.165, 1.54) is 25.3 Å². The Balaban J connectivity index is 1.94. The van der Waals surface area contributed by atoms with Gasteiger partial charge in [0.15, 0.2) is 4.90 Å². The average molecular weight is 391 g/mol. The van der Waals surface area contributed by atoms with Gasteiger partial charge in [-0.15, -0.1) is 0 Å². The number of methoxy groups -OCH3 is 1. The molecule has 3 rings (SSSR count). The second-order valence-electron chi connectivity index (χ2n) is 5.90. The number of carbonyl (C=O) groups is 1. The van der Waals surface area contributed by atoms with Gasteiger partial charge in [-0.05, 0) is 36.8 Å². The molecule has 1 amide bonds. The lowest BCUT2D eigenvalue weighted by atomic mass is 10.2. The topological polar surface area (TPSA) is 119 Å². The fourth-order valence-corrected chi connectivity index (χ4v) is 4.07. The number of rotatable bonds is 6. The van der Waals surface area contributed by atoms with Gasteiger partial charge in [-0.1, -0.05) is 6.07 Å². The summed E-state index contributed by atoms with van der Waals surface area (Å²) in [6, 6.07) is 9.85. The van der Waals surface area contributed by atoms with E-state index in [-0.39, 0.29) is 17.3 Å². The van der Waals surface area contributed by atoms with Gasteiger partial charge in [0.1, 0.15) is 5.75 Å². The molecule has 1 saturated heterocycles. The first-order chi connectivity index (χ1) is 12.8. The summed E-state index contributed by atoms with van der Waals surface area (Å²) < 4.78 is 32.6. The van der Waals surface area contributed by atoms with E-state index in [2.05, 4.69) is 4.72 Å². The highest BCUT2D eigenvalue weighted by Gasteiger charge is 2.27. The first kappa shape index (κ1) is 18.6. The molecule has 142 valence electrons. The molecule has 0 spiro atoms. The maximum absolute atomic E-state index is 12.7. The minimum Gasteiger partial charge on any atom is -0.497 e. The monoisotopic (exact) mass is 391 g/mol. The maximum atomic E-state index is 12.7. The van der Waals surface area contributed by atoms with Crippen molar-refractivity contribution in [3.05, 3.63) is 52.6 Å². The Morgan fingerprint density at radius 2 is 2.00 bits per heavy atom. The van der Waals surface area contributed by atoms with Gasteiger partial charge in [-0.3, -0.25) is 19.6 Å². The van der Waals surface area contributed by atoms with Crippen LogP contribution in [0.5, 0.6) is 5.75 Å². The molecule has 1 aliphatic rings. The van der Waals surface area contributed by atoms with Crippen molar-refractivity contribution in [2.45, 2.75) is 17.7 Å². The first-order valence-corrected chi connectivity index (χ1v) is 9.56. The number of hydrogen-bond acceptors (Lipinski definition) is 6. The Bertz CT molecular complexity index is 1010. The summed E-state index contributed by atoms with van der Waals surface area (Å²) in [4.78, 5) is 23.5. The third kappa shape index (κ3) is 3.85. The highest BCUT2D eigenvalue weighted by molar-refractivity contribution is 7.92. The van der Waals surface area contributed by atoms with Crippen LogP contribution in [0.25, 0.3) is 0 Å². The zero-order chi connectivity index (χ0) is 19.6. The van der Waals surface area contributed by atoms with E-state index in [0.29, 0.717) is 18.7 Å².